The van der Waals surface area contributed by atoms with E-state index in [0.29, 0.717) is 6.42 Å². The van der Waals surface area contributed by atoms with Crippen LogP contribution < -0.4 is 11.1 Å². The lowest BCUT2D eigenvalue weighted by atomic mass is 9.83. The molecule has 0 aromatic heterocycles. The number of carbonyl (C=O) groups is 1. The molecule has 16 heavy (non-hydrogen) atoms. The van der Waals surface area contributed by atoms with E-state index in [4.69, 9.17) is 5.73 Å². The van der Waals surface area contributed by atoms with Crippen molar-refractivity contribution in [3.8, 4) is 0 Å². The van der Waals surface area contributed by atoms with Gasteiger partial charge in [-0.1, -0.05) is 6.42 Å². The molecule has 0 aromatic carbocycles. The number of amides is 1. The van der Waals surface area contributed by atoms with Crippen molar-refractivity contribution in [1.29, 1.82) is 0 Å². The molecule has 2 atom stereocenters. The topological polar surface area (TPSA) is 55.1 Å². The van der Waals surface area contributed by atoms with Gasteiger partial charge in [0.05, 0.1) is 0 Å². The Bertz CT molecular complexity index is 275. The fourth-order valence-corrected chi connectivity index (χ4v) is 2.55. The zero-order chi connectivity index (χ0) is 11.8. The van der Waals surface area contributed by atoms with Gasteiger partial charge in [0, 0.05) is 30.8 Å². The molecule has 0 saturated heterocycles. The summed E-state index contributed by atoms with van der Waals surface area (Å²) in [4.78, 5) is 11.7. The van der Waals surface area contributed by atoms with Crippen molar-refractivity contribution in [2.75, 3.05) is 0 Å². The Morgan fingerprint density at radius 3 is 2.56 bits per heavy atom. The molecular weight excluding hydrogens is 214 g/mol. The van der Waals surface area contributed by atoms with Gasteiger partial charge in [-0.2, -0.15) is 0 Å². The molecule has 0 bridgehead atoms. The van der Waals surface area contributed by atoms with Crippen molar-refractivity contribution in [3.05, 3.63) is 0 Å². The summed E-state index contributed by atoms with van der Waals surface area (Å²) in [6.45, 7) is 0. The van der Waals surface area contributed by atoms with Crippen LogP contribution in [-0.4, -0.2) is 23.9 Å². The van der Waals surface area contributed by atoms with Crippen LogP contribution in [0, 0.1) is 5.92 Å². The fraction of sp³-hybridized carbons (Fsp3) is 0.909. The van der Waals surface area contributed by atoms with E-state index in [0.717, 1.165) is 19.3 Å². The molecule has 0 heterocycles. The highest BCUT2D eigenvalue weighted by Gasteiger charge is 2.46. The number of rotatable bonds is 2. The molecule has 0 radical (unpaired) electrons. The van der Waals surface area contributed by atoms with Crippen molar-refractivity contribution >= 4 is 5.91 Å². The van der Waals surface area contributed by atoms with Crippen LogP contribution in [0.25, 0.3) is 0 Å². The summed E-state index contributed by atoms with van der Waals surface area (Å²) in [6.07, 6.45) is 3.03. The lowest BCUT2D eigenvalue weighted by Gasteiger charge is -2.36. The van der Waals surface area contributed by atoms with E-state index in [2.05, 4.69) is 5.32 Å². The summed E-state index contributed by atoms with van der Waals surface area (Å²) in [7, 11) is 0. The molecule has 5 heteroatoms. The molecule has 2 rings (SSSR count). The number of hydrogen-bond donors (Lipinski definition) is 2. The van der Waals surface area contributed by atoms with Gasteiger partial charge in [-0.05, 0) is 19.3 Å². The Hall–Kier alpha value is -0.710. The highest BCUT2D eigenvalue weighted by molar-refractivity contribution is 5.79. The van der Waals surface area contributed by atoms with Gasteiger partial charge in [0.2, 0.25) is 5.91 Å². The first-order valence-electron chi connectivity index (χ1n) is 5.90. The maximum absolute atomic E-state index is 12.6. The lowest BCUT2D eigenvalue weighted by Crippen LogP contribution is -2.52. The molecular formula is C11H18F2N2O. The molecule has 0 aromatic rings. The second-order valence-electron chi connectivity index (χ2n) is 5.09. The van der Waals surface area contributed by atoms with Crippen molar-refractivity contribution < 1.29 is 13.6 Å². The standard InChI is InChI=1S/C11H18F2N2O/c12-11(13)5-9(6-11)15-10(16)7-2-1-3-8(14)4-7/h7-9H,1-6,14H2,(H,15,16). The second-order valence-corrected chi connectivity index (χ2v) is 5.09. The average molecular weight is 232 g/mol. The zero-order valence-corrected chi connectivity index (χ0v) is 9.22. The molecule has 0 aliphatic heterocycles. The van der Waals surface area contributed by atoms with Crippen molar-refractivity contribution in [3.63, 3.8) is 0 Å². The molecule has 1 amide bonds. The first-order chi connectivity index (χ1) is 7.46. The SMILES string of the molecule is NC1CCCC(C(=O)NC2CC(F)(F)C2)C1. The van der Waals surface area contributed by atoms with E-state index in [1.54, 1.807) is 0 Å². The minimum Gasteiger partial charge on any atom is -0.353 e. The average Bonchev–Trinajstić information content (AvgIpc) is 2.14. The number of carbonyl (C=O) groups excluding carboxylic acids is 1. The second kappa shape index (κ2) is 4.28. The third-order valence-corrected chi connectivity index (χ3v) is 3.52. The molecule has 2 aliphatic rings. The van der Waals surface area contributed by atoms with Gasteiger partial charge >= 0.3 is 0 Å². The maximum atomic E-state index is 12.6. The molecule has 2 aliphatic carbocycles. The van der Waals surface area contributed by atoms with Crippen LogP contribution >= 0.6 is 0 Å². The number of nitrogens with two attached hydrogens (primary N) is 1. The summed E-state index contributed by atoms with van der Waals surface area (Å²) in [5.41, 5.74) is 5.78. The summed E-state index contributed by atoms with van der Waals surface area (Å²) < 4.78 is 25.1. The maximum Gasteiger partial charge on any atom is 0.252 e. The van der Waals surface area contributed by atoms with Gasteiger partial charge in [0.15, 0.2) is 0 Å². The highest BCUT2D eigenvalue weighted by Crippen LogP contribution is 2.37. The summed E-state index contributed by atoms with van der Waals surface area (Å²) >= 11 is 0. The van der Waals surface area contributed by atoms with Crippen LogP contribution in [0.2, 0.25) is 0 Å². The third kappa shape index (κ3) is 2.70. The van der Waals surface area contributed by atoms with Crippen LogP contribution in [0.3, 0.4) is 0 Å². The monoisotopic (exact) mass is 232 g/mol. The van der Waals surface area contributed by atoms with Gasteiger partial charge in [0.25, 0.3) is 5.92 Å². The summed E-state index contributed by atoms with van der Waals surface area (Å²) in [6, 6.07) is -0.243. The summed E-state index contributed by atoms with van der Waals surface area (Å²) in [5.74, 6) is -2.73. The van der Waals surface area contributed by atoms with Crippen LogP contribution in [-0.2, 0) is 4.79 Å². The Morgan fingerprint density at radius 1 is 1.31 bits per heavy atom. The van der Waals surface area contributed by atoms with Crippen LogP contribution in [0.4, 0.5) is 8.78 Å². The van der Waals surface area contributed by atoms with Crippen LogP contribution in [0.15, 0.2) is 0 Å². The molecule has 2 unspecified atom stereocenters. The quantitative estimate of drug-likeness (QED) is 0.756. The highest BCUT2D eigenvalue weighted by atomic mass is 19.3. The Kier molecular flexibility index (Phi) is 3.15. The van der Waals surface area contributed by atoms with Crippen LogP contribution in [0.5, 0.6) is 0 Å². The van der Waals surface area contributed by atoms with Crippen LogP contribution in [0.1, 0.15) is 38.5 Å². The summed E-state index contributed by atoms with van der Waals surface area (Å²) in [5, 5.41) is 2.69. The minimum atomic E-state index is -2.57. The molecule has 0 spiro atoms. The predicted octanol–water partition coefficient (Wildman–Crippen LogP) is 1.42. The zero-order valence-electron chi connectivity index (χ0n) is 9.22. The van der Waals surface area contributed by atoms with Gasteiger partial charge in [0.1, 0.15) is 0 Å². The van der Waals surface area contributed by atoms with E-state index < -0.39 is 5.92 Å². The van der Waals surface area contributed by atoms with Gasteiger partial charge in [-0.3, -0.25) is 4.79 Å². The predicted molar refractivity (Wildman–Crippen MR) is 56.0 cm³/mol. The first-order valence-corrected chi connectivity index (χ1v) is 5.90. The minimum absolute atomic E-state index is 0.0713. The van der Waals surface area contributed by atoms with Crippen molar-refractivity contribution in [1.82, 2.24) is 5.32 Å². The molecule has 92 valence electrons. The van der Waals surface area contributed by atoms with Gasteiger partial charge in [-0.15, -0.1) is 0 Å². The molecule has 2 saturated carbocycles. The fourth-order valence-electron chi connectivity index (χ4n) is 2.55. The molecule has 2 fully saturated rings. The molecule has 3 N–H and O–H groups in total. The number of halogens is 2. The van der Waals surface area contributed by atoms with E-state index in [-0.39, 0.29) is 36.8 Å². The Labute approximate surface area is 93.8 Å². The van der Waals surface area contributed by atoms with Gasteiger partial charge < -0.3 is 11.1 Å². The van der Waals surface area contributed by atoms with E-state index >= 15 is 0 Å². The Morgan fingerprint density at radius 2 is 2.00 bits per heavy atom. The van der Waals surface area contributed by atoms with E-state index in [1.165, 1.54) is 0 Å². The Balaban J connectivity index is 1.76. The van der Waals surface area contributed by atoms with E-state index in [1.807, 2.05) is 0 Å². The number of hydrogen-bond acceptors (Lipinski definition) is 2. The van der Waals surface area contributed by atoms with Crippen molar-refractivity contribution in [2.24, 2.45) is 11.7 Å². The third-order valence-electron chi connectivity index (χ3n) is 3.52. The lowest BCUT2D eigenvalue weighted by molar-refractivity contribution is -0.133. The van der Waals surface area contributed by atoms with Gasteiger partial charge in [-0.25, -0.2) is 8.78 Å². The molecule has 3 nitrogen and oxygen atoms in total. The number of nitrogens with one attached hydrogen (secondary N) is 1. The number of alkyl halides is 2. The largest absolute Gasteiger partial charge is 0.353 e. The normalized spacial score (nSPS) is 34.2. The first kappa shape index (κ1) is 11.8. The smallest absolute Gasteiger partial charge is 0.252 e. The van der Waals surface area contributed by atoms with E-state index in [9.17, 15) is 13.6 Å². The van der Waals surface area contributed by atoms with Crippen molar-refractivity contribution in [2.45, 2.75) is 56.5 Å².